The Morgan fingerprint density at radius 3 is 2.67 bits per heavy atom. The summed E-state index contributed by atoms with van der Waals surface area (Å²) < 4.78 is 5.18. The lowest BCUT2D eigenvalue weighted by Crippen LogP contribution is -1.96. The van der Waals surface area contributed by atoms with Crippen LogP contribution in [0.3, 0.4) is 0 Å². The van der Waals surface area contributed by atoms with E-state index in [2.05, 4.69) is 12.1 Å². The molecule has 0 bridgehead atoms. The summed E-state index contributed by atoms with van der Waals surface area (Å²) in [6.45, 7) is 4.16. The Labute approximate surface area is 71.9 Å². The predicted molar refractivity (Wildman–Crippen MR) is 46.8 cm³/mol. The van der Waals surface area contributed by atoms with Gasteiger partial charge in [-0.3, -0.25) is 0 Å². The molecule has 1 aromatic heterocycles. The number of anilines is 1. The van der Waals surface area contributed by atoms with Crippen molar-refractivity contribution in [2.75, 3.05) is 5.73 Å². The summed E-state index contributed by atoms with van der Waals surface area (Å²) in [7, 11) is 0. The molecule has 1 heterocycles. The molecule has 0 aliphatic heterocycles. The number of nitrogen functional groups attached to an aromatic ring is 1. The lowest BCUT2D eigenvalue weighted by molar-refractivity contribution is 0.356. The van der Waals surface area contributed by atoms with E-state index in [0.717, 1.165) is 17.2 Å². The van der Waals surface area contributed by atoms with Gasteiger partial charge in [0.2, 0.25) is 0 Å². The maximum absolute atomic E-state index is 5.59. The molecule has 3 nitrogen and oxygen atoms in total. The highest BCUT2D eigenvalue weighted by Gasteiger charge is 2.32. The van der Waals surface area contributed by atoms with Crippen LogP contribution in [0.2, 0.25) is 0 Å². The topological polar surface area (TPSA) is 52.0 Å². The fourth-order valence-electron chi connectivity index (χ4n) is 1.60. The number of aromatic nitrogens is 1. The highest BCUT2D eigenvalue weighted by Crippen LogP contribution is 2.43. The monoisotopic (exact) mass is 166 g/mol. The van der Waals surface area contributed by atoms with Crippen LogP contribution in [0.1, 0.15) is 37.0 Å². The molecule has 1 aliphatic carbocycles. The SMILES string of the molecule is Cc1c(N)noc1C(C)C1CC1. The first-order valence-corrected chi connectivity index (χ1v) is 4.41. The Hall–Kier alpha value is -0.990. The van der Waals surface area contributed by atoms with Crippen LogP contribution in [-0.2, 0) is 0 Å². The first kappa shape index (κ1) is 7.65. The number of hydrogen-bond donors (Lipinski definition) is 1. The minimum atomic E-state index is 0.495. The number of nitrogens with zero attached hydrogens (tertiary/aromatic N) is 1. The Kier molecular flexibility index (Phi) is 1.60. The Morgan fingerprint density at radius 1 is 1.58 bits per heavy atom. The van der Waals surface area contributed by atoms with Crippen molar-refractivity contribution >= 4 is 5.82 Å². The first-order chi connectivity index (χ1) is 5.70. The lowest BCUT2D eigenvalue weighted by Gasteiger charge is -2.05. The van der Waals surface area contributed by atoms with Crippen LogP contribution in [0.25, 0.3) is 0 Å². The zero-order chi connectivity index (χ0) is 8.72. The van der Waals surface area contributed by atoms with Gasteiger partial charge >= 0.3 is 0 Å². The van der Waals surface area contributed by atoms with Crippen molar-refractivity contribution < 1.29 is 4.52 Å². The van der Waals surface area contributed by atoms with Gasteiger partial charge in [-0.15, -0.1) is 0 Å². The molecule has 1 fully saturated rings. The van der Waals surface area contributed by atoms with Gasteiger partial charge in [-0.05, 0) is 25.7 Å². The van der Waals surface area contributed by atoms with Crippen molar-refractivity contribution in [2.24, 2.45) is 5.92 Å². The van der Waals surface area contributed by atoms with E-state index in [9.17, 15) is 0 Å². The maximum Gasteiger partial charge on any atom is 0.170 e. The molecule has 0 aromatic carbocycles. The van der Waals surface area contributed by atoms with Crippen molar-refractivity contribution in [3.8, 4) is 0 Å². The predicted octanol–water partition coefficient (Wildman–Crippen LogP) is 2.08. The van der Waals surface area contributed by atoms with Crippen LogP contribution < -0.4 is 5.73 Å². The minimum absolute atomic E-state index is 0.495. The van der Waals surface area contributed by atoms with E-state index in [1.807, 2.05) is 6.92 Å². The van der Waals surface area contributed by atoms with E-state index in [0.29, 0.717) is 11.7 Å². The fourth-order valence-corrected chi connectivity index (χ4v) is 1.60. The Morgan fingerprint density at radius 2 is 2.25 bits per heavy atom. The summed E-state index contributed by atoms with van der Waals surface area (Å²) in [5.41, 5.74) is 6.62. The first-order valence-electron chi connectivity index (χ1n) is 4.41. The van der Waals surface area contributed by atoms with Gasteiger partial charge in [-0.2, -0.15) is 0 Å². The van der Waals surface area contributed by atoms with Crippen LogP contribution in [0.15, 0.2) is 4.52 Å². The molecule has 1 aliphatic rings. The van der Waals surface area contributed by atoms with E-state index in [4.69, 9.17) is 10.3 Å². The van der Waals surface area contributed by atoms with Crippen LogP contribution in [-0.4, -0.2) is 5.16 Å². The van der Waals surface area contributed by atoms with Gasteiger partial charge in [-0.25, -0.2) is 0 Å². The molecule has 12 heavy (non-hydrogen) atoms. The van der Waals surface area contributed by atoms with Gasteiger partial charge < -0.3 is 10.3 Å². The third-order valence-electron chi connectivity index (χ3n) is 2.74. The van der Waals surface area contributed by atoms with E-state index < -0.39 is 0 Å². The molecule has 0 saturated heterocycles. The van der Waals surface area contributed by atoms with Gasteiger partial charge in [0, 0.05) is 11.5 Å². The lowest BCUT2D eigenvalue weighted by atomic mass is 10.0. The fraction of sp³-hybridized carbons (Fsp3) is 0.667. The molecule has 2 N–H and O–H groups in total. The van der Waals surface area contributed by atoms with Gasteiger partial charge in [0.25, 0.3) is 0 Å². The van der Waals surface area contributed by atoms with Crippen LogP contribution in [0.5, 0.6) is 0 Å². The van der Waals surface area contributed by atoms with Crippen LogP contribution in [0, 0.1) is 12.8 Å². The molecule has 1 atom stereocenters. The Balaban J connectivity index is 2.25. The summed E-state index contributed by atoms with van der Waals surface area (Å²) in [6.07, 6.45) is 2.64. The third-order valence-corrected chi connectivity index (χ3v) is 2.74. The van der Waals surface area contributed by atoms with E-state index >= 15 is 0 Å². The second-order valence-corrected chi connectivity index (χ2v) is 3.68. The number of rotatable bonds is 2. The summed E-state index contributed by atoms with van der Waals surface area (Å²) in [6, 6.07) is 0. The molecule has 3 heteroatoms. The number of hydrogen-bond acceptors (Lipinski definition) is 3. The molecular formula is C9H14N2O. The van der Waals surface area contributed by atoms with Gasteiger partial charge in [-0.1, -0.05) is 12.1 Å². The van der Waals surface area contributed by atoms with Crippen LogP contribution >= 0.6 is 0 Å². The largest absolute Gasteiger partial charge is 0.381 e. The molecular weight excluding hydrogens is 152 g/mol. The number of nitrogens with two attached hydrogens (primary N) is 1. The zero-order valence-electron chi connectivity index (χ0n) is 7.50. The third kappa shape index (κ3) is 1.09. The van der Waals surface area contributed by atoms with E-state index in [1.54, 1.807) is 0 Å². The van der Waals surface area contributed by atoms with Gasteiger partial charge in [0.05, 0.1) is 0 Å². The smallest absolute Gasteiger partial charge is 0.170 e. The molecule has 66 valence electrons. The molecule has 1 saturated carbocycles. The summed E-state index contributed by atoms with van der Waals surface area (Å²) in [4.78, 5) is 0. The molecule has 1 aromatic rings. The van der Waals surface area contributed by atoms with Crippen molar-refractivity contribution in [2.45, 2.75) is 32.6 Å². The second kappa shape index (κ2) is 2.51. The quantitative estimate of drug-likeness (QED) is 0.731. The van der Waals surface area contributed by atoms with Crippen molar-refractivity contribution in [1.82, 2.24) is 5.16 Å². The minimum Gasteiger partial charge on any atom is -0.381 e. The molecule has 1 unspecified atom stereocenters. The van der Waals surface area contributed by atoms with Crippen molar-refractivity contribution in [3.63, 3.8) is 0 Å². The van der Waals surface area contributed by atoms with Crippen molar-refractivity contribution in [3.05, 3.63) is 11.3 Å². The van der Waals surface area contributed by atoms with Crippen molar-refractivity contribution in [1.29, 1.82) is 0 Å². The highest BCUT2D eigenvalue weighted by molar-refractivity contribution is 5.40. The Bertz CT molecular complexity index is 289. The van der Waals surface area contributed by atoms with Crippen LogP contribution in [0.4, 0.5) is 5.82 Å². The van der Waals surface area contributed by atoms with Gasteiger partial charge in [0.15, 0.2) is 5.82 Å². The second-order valence-electron chi connectivity index (χ2n) is 3.68. The molecule has 2 rings (SSSR count). The molecule has 0 radical (unpaired) electrons. The zero-order valence-corrected chi connectivity index (χ0v) is 7.50. The normalized spacial score (nSPS) is 19.5. The van der Waals surface area contributed by atoms with Gasteiger partial charge in [0.1, 0.15) is 5.76 Å². The molecule has 0 amide bonds. The molecule has 0 spiro atoms. The standard InChI is InChI=1S/C9H14N2O/c1-5(7-3-4-7)8-6(2)9(10)11-12-8/h5,7H,3-4H2,1-2H3,(H2,10,11). The van der Waals surface area contributed by atoms with E-state index in [-0.39, 0.29) is 0 Å². The van der Waals surface area contributed by atoms with E-state index in [1.165, 1.54) is 12.8 Å². The summed E-state index contributed by atoms with van der Waals surface area (Å²) >= 11 is 0. The average molecular weight is 166 g/mol. The summed E-state index contributed by atoms with van der Waals surface area (Å²) in [5, 5.41) is 3.75. The average Bonchev–Trinajstić information content (AvgIpc) is 2.82. The maximum atomic E-state index is 5.59. The highest BCUT2D eigenvalue weighted by atomic mass is 16.5. The summed E-state index contributed by atoms with van der Waals surface area (Å²) in [5.74, 6) is 2.82.